The fraction of sp³-hybridized carbons (Fsp3) is 0.619. The number of rotatable bonds is 5. The van der Waals surface area contributed by atoms with E-state index in [-0.39, 0.29) is 17.9 Å². The maximum Gasteiger partial charge on any atom is 0.253 e. The Morgan fingerprint density at radius 1 is 1.21 bits per heavy atom. The lowest BCUT2D eigenvalue weighted by Crippen LogP contribution is -2.45. The van der Waals surface area contributed by atoms with Crippen LogP contribution < -0.4 is 5.32 Å². The molecule has 0 radical (unpaired) electrons. The smallest absolute Gasteiger partial charge is 0.253 e. The highest BCUT2D eigenvalue weighted by molar-refractivity contribution is 6.30. The van der Waals surface area contributed by atoms with Crippen LogP contribution >= 0.6 is 11.6 Å². The second kappa shape index (κ2) is 8.80. The summed E-state index contributed by atoms with van der Waals surface area (Å²) in [5.41, 5.74) is 0.597. The van der Waals surface area contributed by atoms with Gasteiger partial charge in [-0.05, 0) is 62.9 Å². The van der Waals surface area contributed by atoms with Crippen LogP contribution in [0.25, 0.3) is 0 Å². The predicted octanol–water partition coefficient (Wildman–Crippen LogP) is 2.17. The van der Waals surface area contributed by atoms with E-state index in [1.807, 2.05) is 4.90 Å². The van der Waals surface area contributed by atoms with Crippen molar-refractivity contribution in [1.82, 2.24) is 15.1 Å². The topological polar surface area (TPSA) is 61.9 Å². The number of hydrogen-bond acceptors (Lipinski definition) is 4. The average molecular weight is 406 g/mol. The molecule has 0 bridgehead atoms. The van der Waals surface area contributed by atoms with Crippen molar-refractivity contribution < 1.29 is 14.3 Å². The summed E-state index contributed by atoms with van der Waals surface area (Å²) in [5.74, 6) is 0.308. The molecule has 1 aromatic carbocycles. The Kier molecular flexibility index (Phi) is 6.19. The number of ether oxygens (including phenoxy) is 1. The molecule has 4 rings (SSSR count). The largest absolute Gasteiger partial charge is 0.363 e. The van der Waals surface area contributed by atoms with E-state index in [9.17, 15) is 9.59 Å². The van der Waals surface area contributed by atoms with Crippen molar-refractivity contribution in [2.75, 3.05) is 39.3 Å². The Hall–Kier alpha value is -1.63. The molecule has 0 aromatic heterocycles. The zero-order valence-corrected chi connectivity index (χ0v) is 16.9. The van der Waals surface area contributed by atoms with Crippen LogP contribution in [0.1, 0.15) is 36.0 Å². The van der Waals surface area contributed by atoms with E-state index in [2.05, 4.69) is 10.2 Å². The third kappa shape index (κ3) is 4.50. The summed E-state index contributed by atoms with van der Waals surface area (Å²) in [6, 6.07) is 7.03. The highest BCUT2D eigenvalue weighted by Gasteiger charge is 2.42. The molecule has 0 spiro atoms. The Morgan fingerprint density at radius 2 is 2.04 bits per heavy atom. The molecular formula is C21H28ClN3O3. The lowest BCUT2D eigenvalue weighted by atomic mass is 9.91. The summed E-state index contributed by atoms with van der Waals surface area (Å²) in [5, 5.41) is 3.59. The van der Waals surface area contributed by atoms with Gasteiger partial charge in [0, 0.05) is 36.8 Å². The minimum atomic E-state index is -0.394. The zero-order chi connectivity index (χ0) is 19.5. The van der Waals surface area contributed by atoms with Crippen LogP contribution in [0.3, 0.4) is 0 Å². The molecule has 1 aromatic rings. The number of nitrogens with zero attached hydrogens (tertiary/aromatic N) is 2. The zero-order valence-electron chi connectivity index (χ0n) is 16.1. The summed E-state index contributed by atoms with van der Waals surface area (Å²) in [6.45, 7) is 5.08. The number of likely N-dealkylation sites (tertiary alicyclic amines) is 2. The SMILES string of the molecule is O=C(NCCN1CCCC1)[C@H]1C[C@@H]2CCN(C(=O)c3cccc(Cl)c3)C[C@@H]2O1. The van der Waals surface area contributed by atoms with Crippen LogP contribution in [0.5, 0.6) is 0 Å². The number of hydrogen-bond donors (Lipinski definition) is 1. The number of halogens is 1. The number of nitrogens with one attached hydrogen (secondary N) is 1. The highest BCUT2D eigenvalue weighted by atomic mass is 35.5. The van der Waals surface area contributed by atoms with Crippen molar-refractivity contribution in [3.8, 4) is 0 Å². The summed E-state index contributed by atoms with van der Waals surface area (Å²) in [6.07, 6.45) is 3.68. The predicted molar refractivity (Wildman–Crippen MR) is 107 cm³/mol. The van der Waals surface area contributed by atoms with Gasteiger partial charge < -0.3 is 19.9 Å². The van der Waals surface area contributed by atoms with Crippen molar-refractivity contribution in [2.45, 2.75) is 37.9 Å². The van der Waals surface area contributed by atoms with E-state index >= 15 is 0 Å². The third-order valence-electron chi connectivity index (χ3n) is 6.13. The molecule has 2 amide bonds. The number of piperidine rings is 1. The molecule has 0 unspecified atom stereocenters. The van der Waals surface area contributed by atoms with E-state index in [1.165, 1.54) is 12.8 Å². The molecule has 0 aliphatic carbocycles. The number of amides is 2. The first-order valence-electron chi connectivity index (χ1n) is 10.3. The molecular weight excluding hydrogens is 378 g/mol. The van der Waals surface area contributed by atoms with Gasteiger partial charge in [0.15, 0.2) is 0 Å². The third-order valence-corrected chi connectivity index (χ3v) is 6.36. The Morgan fingerprint density at radius 3 is 2.82 bits per heavy atom. The minimum Gasteiger partial charge on any atom is -0.363 e. The first-order chi connectivity index (χ1) is 13.6. The van der Waals surface area contributed by atoms with Crippen LogP contribution in [0.2, 0.25) is 5.02 Å². The fourth-order valence-electron chi connectivity index (χ4n) is 4.55. The van der Waals surface area contributed by atoms with E-state index in [0.29, 0.717) is 36.1 Å². The molecule has 28 heavy (non-hydrogen) atoms. The van der Waals surface area contributed by atoms with Crippen LogP contribution in [0.15, 0.2) is 24.3 Å². The quantitative estimate of drug-likeness (QED) is 0.815. The lowest BCUT2D eigenvalue weighted by molar-refractivity contribution is -0.132. The van der Waals surface area contributed by atoms with Gasteiger partial charge in [0.2, 0.25) is 5.91 Å². The normalized spacial score (nSPS) is 27.6. The first-order valence-corrected chi connectivity index (χ1v) is 10.7. The summed E-state index contributed by atoms with van der Waals surface area (Å²) >= 11 is 6.01. The summed E-state index contributed by atoms with van der Waals surface area (Å²) in [4.78, 5) is 29.4. The van der Waals surface area contributed by atoms with Crippen LogP contribution in [0.4, 0.5) is 0 Å². The molecule has 3 fully saturated rings. The molecule has 3 atom stereocenters. The van der Waals surface area contributed by atoms with Gasteiger partial charge in [-0.15, -0.1) is 0 Å². The van der Waals surface area contributed by atoms with Crippen molar-refractivity contribution >= 4 is 23.4 Å². The average Bonchev–Trinajstić information content (AvgIpc) is 3.36. The van der Waals surface area contributed by atoms with Crippen molar-refractivity contribution in [3.63, 3.8) is 0 Å². The molecule has 3 aliphatic heterocycles. The van der Waals surface area contributed by atoms with Gasteiger partial charge in [0.25, 0.3) is 5.91 Å². The van der Waals surface area contributed by atoms with Gasteiger partial charge in [-0.1, -0.05) is 17.7 Å². The van der Waals surface area contributed by atoms with Crippen molar-refractivity contribution in [3.05, 3.63) is 34.9 Å². The minimum absolute atomic E-state index is 0.0127. The second-order valence-corrected chi connectivity index (χ2v) is 8.49. The lowest BCUT2D eigenvalue weighted by Gasteiger charge is -2.34. The van der Waals surface area contributed by atoms with E-state index in [0.717, 1.165) is 32.5 Å². The molecule has 152 valence electrons. The van der Waals surface area contributed by atoms with E-state index in [4.69, 9.17) is 16.3 Å². The van der Waals surface area contributed by atoms with Crippen LogP contribution in [-0.4, -0.2) is 73.1 Å². The number of benzene rings is 1. The monoisotopic (exact) mass is 405 g/mol. The number of carbonyl (C=O) groups is 2. The van der Waals surface area contributed by atoms with Gasteiger partial charge >= 0.3 is 0 Å². The summed E-state index contributed by atoms with van der Waals surface area (Å²) in [7, 11) is 0. The molecule has 3 heterocycles. The number of carbonyl (C=O) groups excluding carboxylic acids is 2. The molecule has 3 saturated heterocycles. The molecule has 6 nitrogen and oxygen atoms in total. The van der Waals surface area contributed by atoms with Crippen molar-refractivity contribution in [1.29, 1.82) is 0 Å². The van der Waals surface area contributed by atoms with Gasteiger partial charge in [-0.25, -0.2) is 0 Å². The maximum atomic E-state index is 12.8. The fourth-order valence-corrected chi connectivity index (χ4v) is 4.74. The Balaban J connectivity index is 1.27. The highest BCUT2D eigenvalue weighted by Crippen LogP contribution is 2.34. The van der Waals surface area contributed by atoms with Gasteiger partial charge in [-0.3, -0.25) is 9.59 Å². The molecule has 3 aliphatic rings. The van der Waals surface area contributed by atoms with Crippen LogP contribution in [0, 0.1) is 5.92 Å². The number of fused-ring (bicyclic) bond motifs is 1. The molecule has 7 heteroatoms. The summed E-state index contributed by atoms with van der Waals surface area (Å²) < 4.78 is 6.04. The van der Waals surface area contributed by atoms with Gasteiger partial charge in [0.1, 0.15) is 6.10 Å². The maximum absolute atomic E-state index is 12.8. The van der Waals surface area contributed by atoms with E-state index < -0.39 is 6.10 Å². The Bertz CT molecular complexity index is 723. The molecule has 0 saturated carbocycles. The van der Waals surface area contributed by atoms with Crippen molar-refractivity contribution in [2.24, 2.45) is 5.92 Å². The molecule has 1 N–H and O–H groups in total. The van der Waals surface area contributed by atoms with Gasteiger partial charge in [0.05, 0.1) is 6.10 Å². The van der Waals surface area contributed by atoms with Crippen LogP contribution in [-0.2, 0) is 9.53 Å². The van der Waals surface area contributed by atoms with Gasteiger partial charge in [-0.2, -0.15) is 0 Å². The van der Waals surface area contributed by atoms with E-state index in [1.54, 1.807) is 24.3 Å². The Labute approximate surface area is 171 Å². The standard InChI is InChI=1S/C21H28ClN3O3/c22-17-5-3-4-16(12-17)21(27)25-10-6-15-13-18(28-19(15)14-25)20(26)23-7-11-24-8-1-2-9-24/h3-5,12,15,18-19H,1-2,6-11,13-14H2,(H,23,26)/t15-,18+,19-/m0/s1. The second-order valence-electron chi connectivity index (χ2n) is 8.05. The first kappa shape index (κ1) is 19.7.